The van der Waals surface area contributed by atoms with E-state index in [0.29, 0.717) is 6.42 Å². The number of anilines is 2. The Morgan fingerprint density at radius 3 is 2.97 bits per heavy atom. The van der Waals surface area contributed by atoms with Crippen molar-refractivity contribution in [3.63, 3.8) is 0 Å². The monoisotopic (exact) mass is 386 g/mol. The fourth-order valence-electron chi connectivity index (χ4n) is 4.42. The molecule has 1 aromatic heterocycles. The average Bonchev–Trinajstić information content (AvgIpc) is 3.18. The summed E-state index contributed by atoms with van der Waals surface area (Å²) < 4.78 is 2.36. The van der Waals surface area contributed by atoms with Gasteiger partial charge in [0.25, 0.3) is 0 Å². The maximum atomic E-state index is 11.6. The van der Waals surface area contributed by atoms with Gasteiger partial charge in [0, 0.05) is 47.8 Å². The fourth-order valence-corrected chi connectivity index (χ4v) is 4.42. The first kappa shape index (κ1) is 18.0. The first-order valence-corrected chi connectivity index (χ1v) is 10.5. The Balaban J connectivity index is 1.37. The summed E-state index contributed by atoms with van der Waals surface area (Å²) in [6, 6.07) is 15.0. The molecule has 2 N–H and O–H groups in total. The third-order valence-corrected chi connectivity index (χ3v) is 6.03. The lowest BCUT2D eigenvalue weighted by Gasteiger charge is -2.21. The molecule has 29 heavy (non-hydrogen) atoms. The van der Waals surface area contributed by atoms with Crippen molar-refractivity contribution < 1.29 is 4.79 Å². The third kappa shape index (κ3) is 3.53. The van der Waals surface area contributed by atoms with Gasteiger partial charge < -0.3 is 15.2 Å². The lowest BCUT2D eigenvalue weighted by molar-refractivity contribution is -0.116. The van der Waals surface area contributed by atoms with Crippen molar-refractivity contribution in [1.29, 1.82) is 0 Å². The summed E-state index contributed by atoms with van der Waals surface area (Å²) in [4.78, 5) is 16.3. The Morgan fingerprint density at radius 1 is 1.10 bits per heavy atom. The topological polar surface area (TPSA) is 59.0 Å². The van der Waals surface area contributed by atoms with Crippen LogP contribution in [-0.4, -0.2) is 15.5 Å². The van der Waals surface area contributed by atoms with E-state index in [9.17, 15) is 4.79 Å². The van der Waals surface area contributed by atoms with Crippen LogP contribution in [0.5, 0.6) is 0 Å². The predicted octanol–water partition coefficient (Wildman–Crippen LogP) is 4.94. The van der Waals surface area contributed by atoms with Crippen molar-refractivity contribution in [1.82, 2.24) is 9.55 Å². The number of amides is 1. The van der Waals surface area contributed by atoms with Crippen molar-refractivity contribution in [2.75, 3.05) is 10.6 Å². The van der Waals surface area contributed by atoms with E-state index in [0.717, 1.165) is 42.1 Å². The number of imidazole rings is 1. The van der Waals surface area contributed by atoms with Crippen molar-refractivity contribution in [3.8, 4) is 11.4 Å². The van der Waals surface area contributed by atoms with Crippen molar-refractivity contribution in [2.45, 2.75) is 51.6 Å². The molecule has 2 aliphatic heterocycles. The van der Waals surface area contributed by atoms with Crippen LogP contribution in [0.25, 0.3) is 11.4 Å². The van der Waals surface area contributed by atoms with Crippen LogP contribution in [0.3, 0.4) is 0 Å². The molecule has 0 bridgehead atoms. The summed E-state index contributed by atoms with van der Waals surface area (Å²) >= 11 is 0. The van der Waals surface area contributed by atoms with Crippen LogP contribution in [0.15, 0.2) is 48.7 Å². The first-order valence-electron chi connectivity index (χ1n) is 10.5. The maximum absolute atomic E-state index is 11.6. The molecule has 1 amide bonds. The van der Waals surface area contributed by atoms with Gasteiger partial charge in [0.2, 0.25) is 5.91 Å². The molecule has 1 unspecified atom stereocenters. The zero-order chi connectivity index (χ0) is 19.8. The van der Waals surface area contributed by atoms with Gasteiger partial charge in [-0.1, -0.05) is 24.3 Å². The quantitative estimate of drug-likeness (QED) is 0.667. The van der Waals surface area contributed by atoms with Gasteiger partial charge >= 0.3 is 0 Å². The second-order valence-electron chi connectivity index (χ2n) is 8.09. The van der Waals surface area contributed by atoms with Crippen LogP contribution in [-0.2, 0) is 24.2 Å². The number of aryl methyl sites for hydroxylation is 2. The number of rotatable bonds is 4. The van der Waals surface area contributed by atoms with Crippen LogP contribution in [0.2, 0.25) is 0 Å². The van der Waals surface area contributed by atoms with Crippen LogP contribution in [0.1, 0.15) is 49.0 Å². The second-order valence-corrected chi connectivity index (χ2v) is 8.09. The van der Waals surface area contributed by atoms with Gasteiger partial charge in [-0.3, -0.25) is 4.79 Å². The first-order chi connectivity index (χ1) is 14.2. The molecule has 148 valence electrons. The molecule has 5 rings (SSSR count). The molecule has 0 fully saturated rings. The number of nitrogens with one attached hydrogen (secondary N) is 2. The molecular formula is C24H26N4O. The lowest BCUT2D eigenvalue weighted by Crippen LogP contribution is -2.19. The van der Waals surface area contributed by atoms with E-state index in [1.54, 1.807) is 0 Å². The fraction of sp³-hybridized carbons (Fsp3) is 0.333. The molecule has 0 saturated carbocycles. The average molecular weight is 386 g/mol. The third-order valence-electron chi connectivity index (χ3n) is 6.03. The van der Waals surface area contributed by atoms with E-state index in [1.165, 1.54) is 29.7 Å². The van der Waals surface area contributed by atoms with Gasteiger partial charge in [0.15, 0.2) is 0 Å². The molecule has 5 heteroatoms. The highest BCUT2D eigenvalue weighted by atomic mass is 16.1. The zero-order valence-corrected chi connectivity index (χ0v) is 16.7. The summed E-state index contributed by atoms with van der Waals surface area (Å²) in [6.07, 6.45) is 7.01. The van der Waals surface area contributed by atoms with Crippen LogP contribution in [0.4, 0.5) is 11.4 Å². The highest BCUT2D eigenvalue weighted by Gasteiger charge is 2.18. The summed E-state index contributed by atoms with van der Waals surface area (Å²) in [7, 11) is 0. The Hall–Kier alpha value is -3.08. The van der Waals surface area contributed by atoms with Crippen LogP contribution in [0, 0.1) is 0 Å². The van der Waals surface area contributed by atoms with E-state index < -0.39 is 0 Å². The number of fused-ring (bicyclic) bond motifs is 2. The standard InChI is InChI=1S/C24H26N4O/c1-16(17-8-10-22-18(13-17)9-11-23(29)27-22)26-20-6-4-5-19(14-20)24-25-15-21-7-2-3-12-28(21)24/h4-6,8,10,13-16,26H,2-3,7,9,11-12H2,1H3,(H,27,29). The molecule has 2 aliphatic rings. The Morgan fingerprint density at radius 2 is 2.03 bits per heavy atom. The summed E-state index contributed by atoms with van der Waals surface area (Å²) in [6.45, 7) is 3.23. The number of benzene rings is 2. The number of carbonyl (C=O) groups is 1. The predicted molar refractivity (Wildman–Crippen MR) is 116 cm³/mol. The second kappa shape index (κ2) is 7.39. The van der Waals surface area contributed by atoms with Gasteiger partial charge in [-0.15, -0.1) is 0 Å². The van der Waals surface area contributed by atoms with E-state index in [4.69, 9.17) is 4.98 Å². The molecule has 3 aromatic rings. The van der Waals surface area contributed by atoms with E-state index in [-0.39, 0.29) is 11.9 Å². The van der Waals surface area contributed by atoms with Crippen LogP contribution < -0.4 is 10.6 Å². The minimum absolute atomic E-state index is 0.106. The molecule has 0 spiro atoms. The highest BCUT2D eigenvalue weighted by Crippen LogP contribution is 2.30. The normalized spacial score (nSPS) is 16.5. The van der Waals surface area contributed by atoms with Gasteiger partial charge in [-0.05, 0) is 61.9 Å². The maximum Gasteiger partial charge on any atom is 0.224 e. The number of hydrogen-bond donors (Lipinski definition) is 2. The lowest BCUT2D eigenvalue weighted by atomic mass is 9.97. The smallest absolute Gasteiger partial charge is 0.224 e. The zero-order valence-electron chi connectivity index (χ0n) is 16.7. The van der Waals surface area contributed by atoms with E-state index >= 15 is 0 Å². The molecule has 0 aliphatic carbocycles. The van der Waals surface area contributed by atoms with Gasteiger partial charge in [0.05, 0.1) is 0 Å². The summed E-state index contributed by atoms with van der Waals surface area (Å²) in [5.41, 5.74) is 6.98. The highest BCUT2D eigenvalue weighted by molar-refractivity contribution is 5.93. The van der Waals surface area contributed by atoms with Crippen molar-refractivity contribution in [3.05, 3.63) is 65.5 Å². The van der Waals surface area contributed by atoms with Crippen LogP contribution >= 0.6 is 0 Å². The Labute approximate surface area is 171 Å². The van der Waals surface area contributed by atoms with Gasteiger partial charge in [-0.2, -0.15) is 0 Å². The Kier molecular flexibility index (Phi) is 4.58. The number of aromatic nitrogens is 2. The minimum atomic E-state index is 0.106. The largest absolute Gasteiger partial charge is 0.379 e. The summed E-state index contributed by atoms with van der Waals surface area (Å²) in [5, 5.41) is 6.59. The molecule has 0 saturated heterocycles. The number of hydrogen-bond acceptors (Lipinski definition) is 3. The number of nitrogens with zero attached hydrogens (tertiary/aromatic N) is 2. The number of carbonyl (C=O) groups excluding carboxylic acids is 1. The van der Waals surface area contributed by atoms with E-state index in [2.05, 4.69) is 58.5 Å². The summed E-state index contributed by atoms with van der Waals surface area (Å²) in [5.74, 6) is 1.18. The SMILES string of the molecule is CC(Nc1cccc(-c2ncc3n2CCCC3)c1)c1ccc2c(c1)CCC(=O)N2. The van der Waals surface area contributed by atoms with Gasteiger partial charge in [0.1, 0.15) is 5.82 Å². The molecule has 0 radical (unpaired) electrons. The minimum Gasteiger partial charge on any atom is -0.379 e. The Bertz CT molecular complexity index is 1070. The molecule has 5 nitrogen and oxygen atoms in total. The van der Waals surface area contributed by atoms with E-state index in [1.807, 2.05) is 12.3 Å². The van der Waals surface area contributed by atoms with Crippen molar-refractivity contribution in [2.24, 2.45) is 0 Å². The molecule has 1 atom stereocenters. The molecule has 2 aromatic carbocycles. The van der Waals surface area contributed by atoms with Gasteiger partial charge in [-0.25, -0.2) is 4.98 Å². The molecule has 3 heterocycles. The molecular weight excluding hydrogens is 360 g/mol. The van der Waals surface area contributed by atoms with Crippen molar-refractivity contribution >= 4 is 17.3 Å².